The first-order chi connectivity index (χ1) is 14.7. The molecule has 0 radical (unpaired) electrons. The summed E-state index contributed by atoms with van der Waals surface area (Å²) < 4.78 is 25.8. The second-order valence-corrected chi connectivity index (χ2v) is 10.1. The number of carbonyl (C=O) groups excluding carboxylic acids is 2. The molecule has 7 heteroatoms. The number of hydrogen-bond donors (Lipinski definition) is 0. The minimum absolute atomic E-state index is 0.344. The van der Waals surface area contributed by atoms with E-state index < -0.39 is 11.2 Å². The lowest BCUT2D eigenvalue weighted by atomic mass is 9.81. The molecule has 0 atom stereocenters. The summed E-state index contributed by atoms with van der Waals surface area (Å²) in [5.74, 6) is 0.102. The van der Waals surface area contributed by atoms with Crippen molar-refractivity contribution in [2.45, 2.75) is 76.9 Å². The molecule has 31 heavy (non-hydrogen) atoms. The van der Waals surface area contributed by atoms with E-state index in [0.717, 1.165) is 18.5 Å². The Morgan fingerprint density at radius 1 is 1.19 bits per heavy atom. The molecular weight excluding hydrogens is 399 g/mol. The van der Waals surface area contributed by atoms with Gasteiger partial charge in [-0.25, -0.2) is 14.0 Å². The largest absolute Gasteiger partial charge is 0.444 e. The minimum Gasteiger partial charge on any atom is -0.444 e. The highest BCUT2D eigenvalue weighted by atomic mass is 19.1. The first-order valence-corrected chi connectivity index (χ1v) is 11.5. The number of amides is 2. The molecule has 1 spiro atoms. The van der Waals surface area contributed by atoms with Gasteiger partial charge in [0.05, 0.1) is 5.69 Å². The van der Waals surface area contributed by atoms with Gasteiger partial charge in [0.15, 0.2) is 0 Å². The van der Waals surface area contributed by atoms with E-state index >= 15 is 0 Å². The molecule has 0 N–H and O–H groups in total. The predicted molar refractivity (Wildman–Crippen MR) is 116 cm³/mol. The molecule has 0 aromatic heterocycles. The van der Waals surface area contributed by atoms with Crippen LogP contribution in [0.15, 0.2) is 18.2 Å². The number of halogens is 1. The second kappa shape index (κ2) is 8.32. The van der Waals surface area contributed by atoms with Crippen LogP contribution in [-0.4, -0.2) is 42.3 Å². The molecular formula is C24H33FN2O4. The first kappa shape index (κ1) is 21.9. The van der Waals surface area contributed by atoms with Crippen molar-refractivity contribution in [1.29, 1.82) is 0 Å². The Bertz CT molecular complexity index is 836. The Labute approximate surface area is 183 Å². The topological polar surface area (TPSA) is 59.1 Å². The van der Waals surface area contributed by atoms with Crippen LogP contribution in [0.25, 0.3) is 0 Å². The van der Waals surface area contributed by atoms with Crippen molar-refractivity contribution in [2.24, 2.45) is 5.92 Å². The highest BCUT2D eigenvalue weighted by molar-refractivity contribution is 5.91. The van der Waals surface area contributed by atoms with Crippen molar-refractivity contribution in [3.05, 3.63) is 29.6 Å². The van der Waals surface area contributed by atoms with Crippen LogP contribution in [0.4, 0.5) is 19.7 Å². The molecule has 1 aromatic carbocycles. The van der Waals surface area contributed by atoms with Crippen molar-refractivity contribution in [3.8, 4) is 0 Å². The summed E-state index contributed by atoms with van der Waals surface area (Å²) in [6.45, 7) is 6.89. The zero-order valence-electron chi connectivity index (χ0n) is 18.8. The van der Waals surface area contributed by atoms with Gasteiger partial charge in [0.1, 0.15) is 17.0 Å². The van der Waals surface area contributed by atoms with E-state index in [1.807, 2.05) is 20.8 Å². The van der Waals surface area contributed by atoms with Gasteiger partial charge in [-0.15, -0.1) is 0 Å². The normalized spacial score (nSPS) is 21.6. The van der Waals surface area contributed by atoms with Crippen LogP contribution in [-0.2, 0) is 15.1 Å². The molecule has 2 heterocycles. The number of carbonyl (C=O) groups is 2. The average molecular weight is 433 g/mol. The van der Waals surface area contributed by atoms with Gasteiger partial charge in [0.2, 0.25) is 0 Å². The van der Waals surface area contributed by atoms with Gasteiger partial charge in [0, 0.05) is 38.0 Å². The number of nitrogens with zero attached hydrogens (tertiary/aromatic N) is 2. The Morgan fingerprint density at radius 3 is 2.52 bits per heavy atom. The summed E-state index contributed by atoms with van der Waals surface area (Å²) in [5, 5.41) is 0. The quantitative estimate of drug-likeness (QED) is 0.611. The third kappa shape index (κ3) is 4.65. The van der Waals surface area contributed by atoms with Gasteiger partial charge in [0.25, 0.3) is 0 Å². The molecule has 1 saturated heterocycles. The van der Waals surface area contributed by atoms with Crippen molar-refractivity contribution < 1.29 is 23.5 Å². The lowest BCUT2D eigenvalue weighted by Crippen LogP contribution is -2.53. The fraction of sp³-hybridized carbons (Fsp3) is 0.667. The highest BCUT2D eigenvalue weighted by Gasteiger charge is 2.48. The number of likely N-dealkylation sites (tertiary alicyclic amines) is 1. The van der Waals surface area contributed by atoms with E-state index in [1.165, 1.54) is 31.4 Å². The Morgan fingerprint density at radius 2 is 1.87 bits per heavy atom. The van der Waals surface area contributed by atoms with Crippen LogP contribution in [0.3, 0.4) is 0 Å². The number of hydrogen-bond acceptors (Lipinski definition) is 4. The van der Waals surface area contributed by atoms with Gasteiger partial charge >= 0.3 is 12.2 Å². The van der Waals surface area contributed by atoms with Crippen LogP contribution in [0.1, 0.15) is 71.3 Å². The highest BCUT2D eigenvalue weighted by Crippen LogP contribution is 2.46. The Kier molecular flexibility index (Phi) is 5.88. The maximum atomic E-state index is 14.3. The second-order valence-electron chi connectivity index (χ2n) is 10.1. The van der Waals surface area contributed by atoms with Crippen LogP contribution in [0.2, 0.25) is 0 Å². The Hall–Kier alpha value is -2.31. The third-order valence-electron chi connectivity index (χ3n) is 6.63. The molecule has 1 aliphatic carbocycles. The van der Waals surface area contributed by atoms with E-state index in [4.69, 9.17) is 9.47 Å². The molecule has 6 nitrogen and oxygen atoms in total. The minimum atomic E-state index is -0.907. The summed E-state index contributed by atoms with van der Waals surface area (Å²) in [7, 11) is 0. The monoisotopic (exact) mass is 432 g/mol. The fourth-order valence-corrected chi connectivity index (χ4v) is 5.03. The third-order valence-corrected chi connectivity index (χ3v) is 6.63. The summed E-state index contributed by atoms with van der Waals surface area (Å²) in [4.78, 5) is 28.9. The molecule has 2 fully saturated rings. The molecule has 4 rings (SSSR count). The molecule has 0 bridgehead atoms. The van der Waals surface area contributed by atoms with Crippen LogP contribution >= 0.6 is 0 Å². The molecule has 2 amide bonds. The van der Waals surface area contributed by atoms with Crippen molar-refractivity contribution >= 4 is 17.9 Å². The first-order valence-electron chi connectivity index (χ1n) is 11.5. The number of benzene rings is 1. The molecule has 1 aromatic rings. The number of fused-ring (bicyclic) bond motifs is 2. The SMILES string of the molecule is CC(C)(C)OC(=O)N1CCC2(CC1)OC(=O)N(CC1CCCCC1)c1ccc(F)cc12. The van der Waals surface area contributed by atoms with Crippen LogP contribution < -0.4 is 4.90 Å². The summed E-state index contributed by atoms with van der Waals surface area (Å²) in [6, 6.07) is 4.61. The van der Waals surface area contributed by atoms with Crippen molar-refractivity contribution in [3.63, 3.8) is 0 Å². The van der Waals surface area contributed by atoms with E-state index in [2.05, 4.69) is 0 Å². The van der Waals surface area contributed by atoms with E-state index in [-0.39, 0.29) is 18.0 Å². The molecule has 170 valence electrons. The van der Waals surface area contributed by atoms with Crippen LogP contribution in [0.5, 0.6) is 0 Å². The van der Waals surface area contributed by atoms with Crippen LogP contribution in [0, 0.1) is 11.7 Å². The standard InChI is InChI=1S/C24H33FN2O4/c1-23(2,3)30-21(28)26-13-11-24(12-14-26)19-15-18(25)9-10-20(19)27(22(29)31-24)16-17-7-5-4-6-8-17/h9-10,15,17H,4-8,11-14,16H2,1-3H3. The van der Waals surface area contributed by atoms with Crippen molar-refractivity contribution in [2.75, 3.05) is 24.5 Å². The number of rotatable bonds is 2. The van der Waals surface area contributed by atoms with Crippen molar-refractivity contribution in [1.82, 2.24) is 4.90 Å². The average Bonchev–Trinajstić information content (AvgIpc) is 2.71. The van der Waals surface area contributed by atoms with Gasteiger partial charge in [-0.1, -0.05) is 19.3 Å². The van der Waals surface area contributed by atoms with Gasteiger partial charge in [-0.05, 0) is 57.7 Å². The summed E-state index contributed by atoms with van der Waals surface area (Å²) >= 11 is 0. The molecule has 0 unspecified atom stereocenters. The number of ether oxygens (including phenoxy) is 2. The Balaban J connectivity index is 1.55. The molecule has 3 aliphatic rings. The predicted octanol–water partition coefficient (Wildman–Crippen LogP) is 5.59. The summed E-state index contributed by atoms with van der Waals surface area (Å²) in [5.41, 5.74) is -0.0182. The van der Waals surface area contributed by atoms with E-state index in [9.17, 15) is 14.0 Å². The zero-order chi connectivity index (χ0) is 22.2. The smallest absolute Gasteiger partial charge is 0.415 e. The van der Waals surface area contributed by atoms with Gasteiger partial charge in [-0.3, -0.25) is 4.90 Å². The number of piperidine rings is 1. The lowest BCUT2D eigenvalue weighted by molar-refractivity contribution is -0.0477. The fourth-order valence-electron chi connectivity index (χ4n) is 5.03. The molecule has 2 aliphatic heterocycles. The van der Waals surface area contributed by atoms with Gasteiger partial charge < -0.3 is 14.4 Å². The van der Waals surface area contributed by atoms with Gasteiger partial charge in [-0.2, -0.15) is 0 Å². The zero-order valence-corrected chi connectivity index (χ0v) is 18.8. The summed E-state index contributed by atoms with van der Waals surface area (Å²) in [6.07, 6.45) is 5.95. The number of anilines is 1. The maximum Gasteiger partial charge on any atom is 0.415 e. The molecule has 1 saturated carbocycles. The maximum absolute atomic E-state index is 14.3. The lowest BCUT2D eigenvalue weighted by Gasteiger charge is -2.47. The van der Waals surface area contributed by atoms with E-state index in [0.29, 0.717) is 44.0 Å². The van der Waals surface area contributed by atoms with E-state index in [1.54, 1.807) is 15.9 Å².